The van der Waals surface area contributed by atoms with Crippen molar-refractivity contribution in [2.24, 2.45) is 0 Å². The Kier molecular flexibility index (Phi) is 3.33. The molecule has 0 aromatic carbocycles. The standard InChI is InChI=1S/C8H10O2/c1-6(2)8(10)4-7(3)5-9/h5H,1,3-4H2,2H3. The molecule has 0 atom stereocenters. The maximum absolute atomic E-state index is 10.8. The lowest BCUT2D eigenvalue weighted by Crippen LogP contribution is -1.99. The first-order valence-corrected chi connectivity index (χ1v) is 2.89. The first-order valence-electron chi connectivity index (χ1n) is 2.89. The van der Waals surface area contributed by atoms with Gasteiger partial charge in [-0.2, -0.15) is 0 Å². The minimum absolute atomic E-state index is 0.0961. The molecule has 0 spiro atoms. The fourth-order valence-corrected chi connectivity index (χ4v) is 0.399. The molecule has 0 aromatic rings. The van der Waals surface area contributed by atoms with Gasteiger partial charge in [0.1, 0.15) is 6.29 Å². The smallest absolute Gasteiger partial charge is 0.162 e. The molecule has 0 heterocycles. The Bertz CT molecular complexity index is 189. The Morgan fingerprint density at radius 3 is 2.30 bits per heavy atom. The average molecular weight is 138 g/mol. The van der Waals surface area contributed by atoms with Crippen LogP contribution in [-0.4, -0.2) is 12.1 Å². The van der Waals surface area contributed by atoms with Crippen molar-refractivity contribution < 1.29 is 9.59 Å². The number of allylic oxidation sites excluding steroid dienone is 2. The molecule has 0 radical (unpaired) electrons. The van der Waals surface area contributed by atoms with E-state index < -0.39 is 0 Å². The van der Waals surface area contributed by atoms with Gasteiger partial charge >= 0.3 is 0 Å². The second kappa shape index (κ2) is 3.77. The highest BCUT2D eigenvalue weighted by Gasteiger charge is 2.02. The molecular formula is C8H10O2. The monoisotopic (exact) mass is 138 g/mol. The Morgan fingerprint density at radius 2 is 2.00 bits per heavy atom. The number of hydrogen-bond acceptors (Lipinski definition) is 2. The fraction of sp³-hybridized carbons (Fsp3) is 0.250. The van der Waals surface area contributed by atoms with E-state index in [1.807, 2.05) is 0 Å². The third-order valence-corrected chi connectivity index (χ3v) is 1.03. The van der Waals surface area contributed by atoms with Gasteiger partial charge in [0, 0.05) is 6.42 Å². The lowest BCUT2D eigenvalue weighted by Gasteiger charge is -1.94. The normalized spacial score (nSPS) is 8.50. The lowest BCUT2D eigenvalue weighted by atomic mass is 10.1. The van der Waals surface area contributed by atoms with Crippen molar-refractivity contribution >= 4 is 12.1 Å². The molecule has 0 rings (SSSR count). The van der Waals surface area contributed by atoms with Gasteiger partial charge in [-0.05, 0) is 18.1 Å². The van der Waals surface area contributed by atoms with Crippen LogP contribution in [0.25, 0.3) is 0 Å². The Labute approximate surface area is 60.2 Å². The van der Waals surface area contributed by atoms with Crippen molar-refractivity contribution in [3.05, 3.63) is 24.3 Å². The van der Waals surface area contributed by atoms with Gasteiger partial charge in [0.15, 0.2) is 5.78 Å². The molecule has 0 saturated heterocycles. The summed E-state index contributed by atoms with van der Waals surface area (Å²) >= 11 is 0. The third kappa shape index (κ3) is 2.97. The number of carbonyl (C=O) groups excluding carboxylic acids is 2. The van der Waals surface area contributed by atoms with E-state index in [-0.39, 0.29) is 12.2 Å². The van der Waals surface area contributed by atoms with Crippen molar-refractivity contribution in [2.75, 3.05) is 0 Å². The molecular weight excluding hydrogens is 128 g/mol. The van der Waals surface area contributed by atoms with Crippen LogP contribution < -0.4 is 0 Å². The summed E-state index contributed by atoms with van der Waals surface area (Å²) in [4.78, 5) is 20.8. The highest BCUT2D eigenvalue weighted by molar-refractivity contribution is 5.98. The summed E-state index contributed by atoms with van der Waals surface area (Å²) in [6, 6.07) is 0. The van der Waals surface area contributed by atoms with Gasteiger partial charge in [-0.1, -0.05) is 13.2 Å². The summed E-state index contributed by atoms with van der Waals surface area (Å²) in [5.41, 5.74) is 0.760. The van der Waals surface area contributed by atoms with E-state index in [4.69, 9.17) is 0 Å². The van der Waals surface area contributed by atoms with E-state index in [0.717, 1.165) is 0 Å². The Balaban J connectivity index is 3.92. The molecule has 54 valence electrons. The zero-order valence-electron chi connectivity index (χ0n) is 6.02. The quantitative estimate of drug-likeness (QED) is 0.433. The summed E-state index contributed by atoms with van der Waals surface area (Å²) in [6.45, 7) is 8.41. The van der Waals surface area contributed by atoms with Gasteiger partial charge in [0.2, 0.25) is 0 Å². The zero-order valence-corrected chi connectivity index (χ0v) is 6.02. The molecule has 0 fully saturated rings. The van der Waals surface area contributed by atoms with Gasteiger partial charge in [0.05, 0.1) is 0 Å². The lowest BCUT2D eigenvalue weighted by molar-refractivity contribution is -0.115. The first kappa shape index (κ1) is 8.82. The molecule has 2 heteroatoms. The van der Waals surface area contributed by atoms with Crippen LogP contribution in [-0.2, 0) is 9.59 Å². The maximum Gasteiger partial charge on any atom is 0.162 e. The summed E-state index contributed by atoms with van der Waals surface area (Å²) < 4.78 is 0. The van der Waals surface area contributed by atoms with Crippen molar-refractivity contribution in [1.29, 1.82) is 0 Å². The molecule has 10 heavy (non-hydrogen) atoms. The van der Waals surface area contributed by atoms with Crippen LogP contribution in [0.4, 0.5) is 0 Å². The molecule has 0 unspecified atom stereocenters. The van der Waals surface area contributed by atoms with Gasteiger partial charge in [-0.25, -0.2) is 0 Å². The largest absolute Gasteiger partial charge is 0.298 e. The van der Waals surface area contributed by atoms with Crippen molar-refractivity contribution in [2.45, 2.75) is 13.3 Å². The number of carbonyl (C=O) groups is 2. The molecule has 0 aliphatic carbocycles. The minimum Gasteiger partial charge on any atom is -0.298 e. The van der Waals surface area contributed by atoms with E-state index in [0.29, 0.717) is 17.4 Å². The van der Waals surface area contributed by atoms with Crippen LogP contribution in [0.5, 0.6) is 0 Å². The molecule has 0 aromatic heterocycles. The maximum atomic E-state index is 10.8. The number of Topliss-reactive ketones (excluding diaryl/α,β-unsaturated/α-hetero) is 1. The highest BCUT2D eigenvalue weighted by Crippen LogP contribution is 2.00. The second-order valence-corrected chi connectivity index (χ2v) is 2.16. The summed E-state index contributed by atoms with van der Waals surface area (Å²) in [5.74, 6) is -0.128. The van der Waals surface area contributed by atoms with Crippen molar-refractivity contribution in [3.63, 3.8) is 0 Å². The Hall–Kier alpha value is -1.18. The third-order valence-electron chi connectivity index (χ3n) is 1.03. The van der Waals surface area contributed by atoms with Gasteiger partial charge < -0.3 is 0 Å². The zero-order chi connectivity index (χ0) is 8.15. The molecule has 0 saturated carbocycles. The number of rotatable bonds is 4. The van der Waals surface area contributed by atoms with Crippen LogP contribution >= 0.6 is 0 Å². The highest BCUT2D eigenvalue weighted by atomic mass is 16.1. The number of ketones is 1. The van der Waals surface area contributed by atoms with Gasteiger partial charge in [-0.15, -0.1) is 0 Å². The first-order chi connectivity index (χ1) is 4.57. The molecule has 0 aliphatic rings. The minimum atomic E-state index is -0.128. The van der Waals surface area contributed by atoms with E-state index in [1.165, 1.54) is 0 Å². The molecule has 0 N–H and O–H groups in total. The summed E-state index contributed by atoms with van der Waals surface area (Å²) in [6.07, 6.45) is 0.680. The van der Waals surface area contributed by atoms with Crippen molar-refractivity contribution in [3.8, 4) is 0 Å². The van der Waals surface area contributed by atoms with E-state index in [9.17, 15) is 9.59 Å². The second-order valence-electron chi connectivity index (χ2n) is 2.16. The fourth-order valence-electron chi connectivity index (χ4n) is 0.399. The van der Waals surface area contributed by atoms with E-state index in [1.54, 1.807) is 6.92 Å². The molecule has 0 amide bonds. The SMILES string of the molecule is C=C(C=O)CC(=O)C(=C)C. The topological polar surface area (TPSA) is 34.1 Å². The summed E-state index contributed by atoms with van der Waals surface area (Å²) in [7, 11) is 0. The van der Waals surface area contributed by atoms with Crippen LogP contribution in [0.2, 0.25) is 0 Å². The van der Waals surface area contributed by atoms with E-state index >= 15 is 0 Å². The molecule has 2 nitrogen and oxygen atoms in total. The van der Waals surface area contributed by atoms with Crippen LogP contribution in [0.15, 0.2) is 24.3 Å². The average Bonchev–Trinajstić information content (AvgIpc) is 1.87. The van der Waals surface area contributed by atoms with Gasteiger partial charge in [-0.3, -0.25) is 9.59 Å². The van der Waals surface area contributed by atoms with E-state index in [2.05, 4.69) is 13.2 Å². The van der Waals surface area contributed by atoms with Gasteiger partial charge in [0.25, 0.3) is 0 Å². The predicted octanol–water partition coefficient (Wildman–Crippen LogP) is 1.28. The van der Waals surface area contributed by atoms with Crippen LogP contribution in [0.3, 0.4) is 0 Å². The van der Waals surface area contributed by atoms with Crippen LogP contribution in [0.1, 0.15) is 13.3 Å². The van der Waals surface area contributed by atoms with Crippen molar-refractivity contribution in [1.82, 2.24) is 0 Å². The molecule has 0 aliphatic heterocycles. The molecule has 0 bridgehead atoms. The number of aldehydes is 1. The summed E-state index contributed by atoms with van der Waals surface area (Å²) in [5, 5.41) is 0. The van der Waals surface area contributed by atoms with Crippen LogP contribution in [0, 0.1) is 0 Å². The Morgan fingerprint density at radius 1 is 1.50 bits per heavy atom. The predicted molar refractivity (Wildman–Crippen MR) is 39.6 cm³/mol. The number of hydrogen-bond donors (Lipinski definition) is 0.